The summed E-state index contributed by atoms with van der Waals surface area (Å²) < 4.78 is 11.3. The van der Waals surface area contributed by atoms with E-state index in [-0.39, 0.29) is 29.0 Å². The maximum absolute atomic E-state index is 15.3. The monoisotopic (exact) mass is 676 g/mol. The van der Waals surface area contributed by atoms with Gasteiger partial charge in [-0.2, -0.15) is 0 Å². The first-order chi connectivity index (χ1) is 23.8. The van der Waals surface area contributed by atoms with Crippen molar-refractivity contribution in [3.63, 3.8) is 0 Å². The van der Waals surface area contributed by atoms with E-state index in [0.717, 1.165) is 30.8 Å². The van der Waals surface area contributed by atoms with Crippen LogP contribution in [0.4, 0.5) is 0 Å². The number of likely N-dealkylation sites (N-methyl/N-ethyl adjacent to an activating group) is 1. The number of fused-ring (bicyclic) bond motifs is 7. The number of hydrogen-bond donors (Lipinski definition) is 1. The fraction of sp³-hybridized carbons (Fsp3) is 0.463. The number of rotatable bonds is 7. The molecular weight excluding hydrogens is 629 g/mol. The van der Waals surface area contributed by atoms with Crippen molar-refractivity contribution in [2.75, 3.05) is 33.8 Å². The van der Waals surface area contributed by atoms with Crippen molar-refractivity contribution in [3.8, 4) is 17.0 Å². The van der Waals surface area contributed by atoms with Gasteiger partial charge in [0.05, 0.1) is 24.3 Å². The van der Waals surface area contributed by atoms with Crippen LogP contribution >= 0.6 is 11.9 Å². The molecule has 2 amide bonds. The van der Waals surface area contributed by atoms with E-state index in [0.29, 0.717) is 24.6 Å². The third-order valence-corrected chi connectivity index (χ3v) is 12.4. The van der Waals surface area contributed by atoms with Crippen LogP contribution in [0.2, 0.25) is 0 Å². The molecule has 8 rings (SSSR count). The lowest BCUT2D eigenvalue weighted by Crippen LogP contribution is -2.52. The number of nitrogens with one attached hydrogen (secondary N) is 1. The van der Waals surface area contributed by atoms with Crippen molar-refractivity contribution in [3.05, 3.63) is 89.0 Å². The van der Waals surface area contributed by atoms with E-state index < -0.39 is 5.41 Å². The Morgan fingerprint density at radius 2 is 1.78 bits per heavy atom. The Morgan fingerprint density at radius 3 is 2.53 bits per heavy atom. The summed E-state index contributed by atoms with van der Waals surface area (Å²) in [5, 5.41) is 1.51. The Morgan fingerprint density at radius 1 is 0.980 bits per heavy atom. The predicted octanol–water partition coefficient (Wildman–Crippen LogP) is 8.15. The lowest BCUT2D eigenvalue weighted by atomic mass is 9.81. The normalized spacial score (nSPS) is 23.8. The zero-order valence-electron chi connectivity index (χ0n) is 29.2. The lowest BCUT2D eigenvalue weighted by molar-refractivity contribution is -0.143. The van der Waals surface area contributed by atoms with Crippen LogP contribution in [0, 0.1) is 5.41 Å². The molecule has 2 unspecified atom stereocenters. The Labute approximate surface area is 294 Å². The van der Waals surface area contributed by atoms with Crippen molar-refractivity contribution in [1.82, 2.24) is 19.1 Å². The van der Waals surface area contributed by atoms with Crippen LogP contribution < -0.4 is 9.46 Å². The van der Waals surface area contributed by atoms with Crippen LogP contribution in [0.1, 0.15) is 97.3 Å². The van der Waals surface area contributed by atoms with Gasteiger partial charge in [0.15, 0.2) is 0 Å². The molecule has 0 spiro atoms. The minimum Gasteiger partial charge on any atom is -0.497 e. The van der Waals surface area contributed by atoms with Crippen LogP contribution in [0.25, 0.3) is 22.2 Å². The van der Waals surface area contributed by atoms with Crippen LogP contribution in [0.5, 0.6) is 5.75 Å². The molecule has 256 valence electrons. The molecule has 1 N–H and O–H groups in total. The summed E-state index contributed by atoms with van der Waals surface area (Å²) in [7, 11) is 3.88. The number of methoxy groups -OCH3 is 1. The lowest BCUT2D eigenvalue weighted by Gasteiger charge is -2.42. The van der Waals surface area contributed by atoms with Crippen LogP contribution in [-0.4, -0.2) is 65.2 Å². The van der Waals surface area contributed by atoms with Gasteiger partial charge in [0.1, 0.15) is 5.75 Å². The maximum Gasteiger partial charge on any atom is 0.261 e. The highest BCUT2D eigenvalue weighted by atomic mass is 32.2. The van der Waals surface area contributed by atoms with E-state index in [2.05, 4.69) is 94.6 Å². The van der Waals surface area contributed by atoms with E-state index in [9.17, 15) is 4.79 Å². The molecule has 3 aromatic carbocycles. The first kappa shape index (κ1) is 32.5. The summed E-state index contributed by atoms with van der Waals surface area (Å²) in [5.74, 6) is 1.56. The van der Waals surface area contributed by atoms with Gasteiger partial charge >= 0.3 is 0 Å². The van der Waals surface area contributed by atoms with E-state index >= 15 is 4.79 Å². The molecule has 2 aliphatic heterocycles. The number of amides is 2. The summed E-state index contributed by atoms with van der Waals surface area (Å²) in [6, 6.07) is 23.3. The third-order valence-electron chi connectivity index (χ3n) is 11.6. The number of benzene rings is 3. The van der Waals surface area contributed by atoms with Gasteiger partial charge in [0.2, 0.25) is 5.91 Å². The number of nitrogens with zero attached hydrogens (tertiary/aromatic N) is 3. The number of carbonyl (C=O) groups excluding carboxylic acids is 2. The van der Waals surface area contributed by atoms with Gasteiger partial charge in [-0.05, 0) is 91.2 Å². The van der Waals surface area contributed by atoms with Crippen molar-refractivity contribution >= 4 is 34.7 Å². The van der Waals surface area contributed by atoms with Crippen LogP contribution in [0.15, 0.2) is 66.7 Å². The Balaban J connectivity index is 1.30. The van der Waals surface area contributed by atoms with Gasteiger partial charge in [-0.25, -0.2) is 0 Å². The first-order valence-corrected chi connectivity index (χ1v) is 19.0. The molecule has 3 fully saturated rings. The first-order valence-electron chi connectivity index (χ1n) is 18.1. The van der Waals surface area contributed by atoms with E-state index in [1.54, 1.807) is 7.11 Å². The summed E-state index contributed by atoms with van der Waals surface area (Å²) >= 11 is 1.45. The standard InChI is InChI=1S/C41H48N4O3S/c1-26(2)49-42-39(46)29-15-17-32-35(21-29)45-25-41(40(47)44-20-19-43(3)24-36(44)27-11-7-5-8-12-27)23-34(41)33-22-30(48-4)16-18-31(33)38(45)37(32)28-13-9-6-10-14-28/h5,7-8,11-12,15-18,21-22,26,28,34,36H,6,9-10,13-14,19-20,23-25H2,1-4H3,(H,42,46)/t34?,36-,41?/m1/s1. The number of piperazine rings is 1. The van der Waals surface area contributed by atoms with Gasteiger partial charge in [0, 0.05) is 59.4 Å². The van der Waals surface area contributed by atoms with Gasteiger partial charge in [-0.15, -0.1) is 0 Å². The van der Waals surface area contributed by atoms with Gasteiger partial charge in [0.25, 0.3) is 5.91 Å². The largest absolute Gasteiger partial charge is 0.497 e. The molecule has 0 radical (unpaired) electrons. The third kappa shape index (κ3) is 5.65. The van der Waals surface area contributed by atoms with Crippen molar-refractivity contribution in [2.45, 2.75) is 82.0 Å². The molecule has 8 heteroatoms. The quantitative estimate of drug-likeness (QED) is 0.200. The highest BCUT2D eigenvalue weighted by molar-refractivity contribution is 7.98. The number of aromatic nitrogens is 1. The zero-order chi connectivity index (χ0) is 33.9. The van der Waals surface area contributed by atoms with Gasteiger partial charge < -0.3 is 19.1 Å². The van der Waals surface area contributed by atoms with Gasteiger partial charge in [-0.1, -0.05) is 69.5 Å². The molecule has 3 atom stereocenters. The second kappa shape index (κ2) is 12.9. The topological polar surface area (TPSA) is 66.8 Å². The molecule has 1 aromatic heterocycles. The molecule has 7 nitrogen and oxygen atoms in total. The maximum atomic E-state index is 15.3. The molecule has 1 saturated heterocycles. The van der Waals surface area contributed by atoms with Crippen LogP contribution in [0.3, 0.4) is 0 Å². The van der Waals surface area contributed by atoms with E-state index in [4.69, 9.17) is 4.74 Å². The Bertz CT molecular complexity index is 1900. The van der Waals surface area contributed by atoms with E-state index in [1.165, 1.54) is 77.4 Å². The van der Waals surface area contributed by atoms with Crippen molar-refractivity contribution in [1.29, 1.82) is 0 Å². The summed E-state index contributed by atoms with van der Waals surface area (Å²) in [4.78, 5) is 33.3. The predicted molar refractivity (Wildman–Crippen MR) is 198 cm³/mol. The summed E-state index contributed by atoms with van der Waals surface area (Å²) in [5.41, 5.74) is 7.42. The smallest absolute Gasteiger partial charge is 0.261 e. The molecule has 4 aromatic rings. The number of ether oxygens (including phenoxy) is 1. The zero-order valence-corrected chi connectivity index (χ0v) is 30.0. The highest BCUT2D eigenvalue weighted by Gasteiger charge is 2.64. The number of hydrogen-bond acceptors (Lipinski definition) is 5. The summed E-state index contributed by atoms with van der Waals surface area (Å²) in [6.45, 7) is 7.14. The fourth-order valence-electron chi connectivity index (χ4n) is 9.06. The minimum atomic E-state index is -0.573. The average molecular weight is 677 g/mol. The Kier molecular flexibility index (Phi) is 8.51. The molecular formula is C41H48N4O3S. The molecule has 4 aliphatic rings. The van der Waals surface area contributed by atoms with E-state index in [1.807, 2.05) is 12.1 Å². The molecule has 0 bridgehead atoms. The summed E-state index contributed by atoms with van der Waals surface area (Å²) in [6.07, 6.45) is 6.88. The second-order valence-electron chi connectivity index (χ2n) is 15.1. The molecule has 2 saturated carbocycles. The number of carbonyl (C=O) groups is 2. The molecule has 2 aliphatic carbocycles. The SMILES string of the molecule is COc1ccc2c(c1)C1CC1(C(=O)N1CCN(C)C[C@@H]1c1ccccc1)Cn1c-2c(C2CCCCC2)c2ccc(C(=O)NSC(C)C)cc21. The Hall–Kier alpha value is -3.75. The molecule has 49 heavy (non-hydrogen) atoms. The average Bonchev–Trinajstić information content (AvgIpc) is 3.80. The minimum absolute atomic E-state index is 0.00328. The van der Waals surface area contributed by atoms with Crippen LogP contribution in [-0.2, 0) is 11.3 Å². The highest BCUT2D eigenvalue weighted by Crippen LogP contribution is 2.66. The molecule has 3 heterocycles. The second-order valence-corrected chi connectivity index (χ2v) is 16.4. The fourth-order valence-corrected chi connectivity index (χ4v) is 9.52. The van der Waals surface area contributed by atoms with Gasteiger partial charge in [-0.3, -0.25) is 14.3 Å². The van der Waals surface area contributed by atoms with Crippen molar-refractivity contribution < 1.29 is 14.3 Å². The van der Waals surface area contributed by atoms with Crippen molar-refractivity contribution in [2.24, 2.45) is 5.41 Å².